The molecule has 3 atom stereocenters. The van der Waals surface area contributed by atoms with Gasteiger partial charge in [-0.05, 0) is 114 Å². The van der Waals surface area contributed by atoms with Crippen LogP contribution in [0.4, 0.5) is 18.8 Å². The average Bonchev–Trinajstić information content (AvgIpc) is 3.10. The molecule has 0 aliphatic carbocycles. The van der Waals surface area contributed by atoms with Crippen LogP contribution in [0.2, 0.25) is 0 Å². The Hall–Kier alpha value is -5.16. The second kappa shape index (κ2) is 22.1. The van der Waals surface area contributed by atoms with Gasteiger partial charge in [-0.1, -0.05) is 30.3 Å². The summed E-state index contributed by atoms with van der Waals surface area (Å²) in [4.78, 5) is 94.6. The van der Waals surface area contributed by atoms with Gasteiger partial charge < -0.3 is 50.4 Å². The number of alkyl halides is 1. The van der Waals surface area contributed by atoms with E-state index in [2.05, 4.69) is 26.6 Å². The van der Waals surface area contributed by atoms with Crippen molar-refractivity contribution in [2.75, 3.05) is 26.7 Å². The molecule has 1 fully saturated rings. The van der Waals surface area contributed by atoms with E-state index in [4.69, 9.17) is 18.9 Å². The fourth-order valence-corrected chi connectivity index (χ4v) is 6.39. The van der Waals surface area contributed by atoms with E-state index in [-0.39, 0.29) is 45.3 Å². The molecule has 18 heteroatoms. The molecule has 1 saturated heterocycles. The Morgan fingerprint density at radius 1 is 0.689 bits per heavy atom. The van der Waals surface area contributed by atoms with Crippen LogP contribution >= 0.6 is 0 Å². The van der Waals surface area contributed by atoms with Crippen molar-refractivity contribution in [3.05, 3.63) is 35.9 Å². The number of benzene rings is 1. The summed E-state index contributed by atoms with van der Waals surface area (Å²) in [7, 11) is 1.19. The Morgan fingerprint density at radius 3 is 1.72 bits per heavy atom. The van der Waals surface area contributed by atoms with Gasteiger partial charge in [0.1, 0.15) is 46.1 Å². The Kier molecular flexibility index (Phi) is 18.8. The van der Waals surface area contributed by atoms with Gasteiger partial charge in [0.25, 0.3) is 0 Å². The van der Waals surface area contributed by atoms with E-state index < -0.39 is 94.5 Å². The molecule has 1 aliphatic rings. The minimum Gasteiger partial charge on any atom is -0.467 e. The SMILES string of the molecule is COC(=O)C1(NC(=O)OC(C)(C)C)CCN(C(=O)[C@@H](CCCCNC(=O)OC(C)(C)C)NC(=O)C(CC(C)(C)F)NC(=O)[C@@H](Cc2ccccc2)NC(=O)OC(C)(C)C)CC1. The number of hydrogen-bond donors (Lipinski definition) is 5. The molecule has 1 aromatic rings. The van der Waals surface area contributed by atoms with E-state index in [1.165, 1.54) is 25.9 Å². The molecule has 0 saturated carbocycles. The summed E-state index contributed by atoms with van der Waals surface area (Å²) in [6.07, 6.45) is -2.07. The van der Waals surface area contributed by atoms with Crippen molar-refractivity contribution in [2.24, 2.45) is 0 Å². The molecule has 0 radical (unpaired) electrons. The van der Waals surface area contributed by atoms with Crippen LogP contribution in [0.3, 0.4) is 0 Å². The summed E-state index contributed by atoms with van der Waals surface area (Å²) in [6.45, 7) is 17.9. The van der Waals surface area contributed by atoms with E-state index in [9.17, 15) is 33.6 Å². The minimum atomic E-state index is -1.97. The van der Waals surface area contributed by atoms with Crippen molar-refractivity contribution in [1.82, 2.24) is 31.5 Å². The molecule has 17 nitrogen and oxygen atoms in total. The van der Waals surface area contributed by atoms with Gasteiger partial charge in [-0.15, -0.1) is 0 Å². The number of carbonyl (C=O) groups excluding carboxylic acids is 7. The van der Waals surface area contributed by atoms with Gasteiger partial charge in [0, 0.05) is 32.5 Å². The number of methoxy groups -OCH3 is 1. The van der Waals surface area contributed by atoms with Gasteiger partial charge in [0.15, 0.2) is 0 Å². The predicted molar refractivity (Wildman–Crippen MR) is 225 cm³/mol. The van der Waals surface area contributed by atoms with Crippen LogP contribution in [-0.2, 0) is 44.5 Å². The Bertz CT molecular complexity index is 1660. The predicted octanol–water partition coefficient (Wildman–Crippen LogP) is 4.98. The molecule has 0 bridgehead atoms. The van der Waals surface area contributed by atoms with E-state index in [1.807, 2.05) is 0 Å². The molecule has 61 heavy (non-hydrogen) atoms. The molecule has 5 N–H and O–H groups in total. The third-order valence-corrected chi connectivity index (χ3v) is 9.06. The summed E-state index contributed by atoms with van der Waals surface area (Å²) in [5.41, 5.74) is -5.21. The molecular formula is C43H69FN6O11. The largest absolute Gasteiger partial charge is 0.467 e. The number of piperidine rings is 1. The number of unbranched alkanes of at least 4 members (excludes halogenated alkanes) is 1. The second-order valence-electron chi connectivity index (χ2n) is 18.9. The first-order valence-electron chi connectivity index (χ1n) is 20.7. The van der Waals surface area contributed by atoms with Crippen LogP contribution in [-0.4, -0.2) is 120 Å². The lowest BCUT2D eigenvalue weighted by Crippen LogP contribution is -2.63. The maximum absolute atomic E-state index is 15.4. The highest BCUT2D eigenvalue weighted by Gasteiger charge is 2.46. The molecular weight excluding hydrogens is 796 g/mol. The topological polar surface area (TPSA) is 220 Å². The molecule has 344 valence electrons. The number of nitrogens with one attached hydrogen (secondary N) is 5. The Balaban J connectivity index is 2.38. The summed E-state index contributed by atoms with van der Waals surface area (Å²) < 4.78 is 36.5. The average molecular weight is 865 g/mol. The third-order valence-electron chi connectivity index (χ3n) is 9.06. The number of alkyl carbamates (subject to hydrolysis) is 3. The fourth-order valence-electron chi connectivity index (χ4n) is 6.39. The van der Waals surface area contributed by atoms with Gasteiger partial charge in [-0.25, -0.2) is 23.6 Å². The van der Waals surface area contributed by atoms with Gasteiger partial charge in [0.2, 0.25) is 17.7 Å². The van der Waals surface area contributed by atoms with E-state index in [0.717, 1.165) is 0 Å². The van der Waals surface area contributed by atoms with Crippen LogP contribution in [0, 0.1) is 0 Å². The van der Waals surface area contributed by atoms with E-state index >= 15 is 4.39 Å². The van der Waals surface area contributed by atoms with Crippen molar-refractivity contribution in [1.29, 1.82) is 0 Å². The molecule has 6 amide bonds. The van der Waals surface area contributed by atoms with Crippen molar-refractivity contribution < 1.29 is 56.9 Å². The van der Waals surface area contributed by atoms with Gasteiger partial charge in [-0.2, -0.15) is 0 Å². The summed E-state index contributed by atoms with van der Waals surface area (Å²) >= 11 is 0. The number of amides is 6. The van der Waals surface area contributed by atoms with Crippen molar-refractivity contribution >= 4 is 42.0 Å². The normalized spacial score (nSPS) is 15.8. The first-order chi connectivity index (χ1) is 28.0. The number of hydrogen-bond acceptors (Lipinski definition) is 11. The number of rotatable bonds is 17. The van der Waals surface area contributed by atoms with Crippen LogP contribution in [0.5, 0.6) is 0 Å². The van der Waals surface area contributed by atoms with Crippen LogP contribution in [0.1, 0.15) is 120 Å². The standard InChI is InChI=1S/C43H69FN6O11/c1-39(2,3)59-36(55)45-23-17-16-20-29(34(53)50-24-21-43(22-25-50,35(54)58-12)49-38(57)61-41(7,8)9)46-33(52)31(27-42(10,11)44)47-32(51)30(26-28-18-14-13-15-19-28)48-37(56)60-40(4,5)6/h13-15,18-19,29-31H,16-17,20-27H2,1-12H3,(H,45,55)(H,46,52)(H,47,51)(H,48,56)(H,49,57)/t29-,30-,31?/m1/s1. The van der Waals surface area contributed by atoms with Gasteiger partial charge in [-0.3, -0.25) is 14.4 Å². The number of esters is 1. The van der Waals surface area contributed by atoms with E-state index in [0.29, 0.717) is 18.4 Å². The lowest BCUT2D eigenvalue weighted by Gasteiger charge is -2.41. The second-order valence-corrected chi connectivity index (χ2v) is 18.9. The third kappa shape index (κ3) is 19.8. The van der Waals surface area contributed by atoms with Crippen molar-refractivity contribution in [3.8, 4) is 0 Å². The number of nitrogens with zero attached hydrogens (tertiary/aromatic N) is 1. The van der Waals surface area contributed by atoms with Gasteiger partial charge in [0.05, 0.1) is 7.11 Å². The van der Waals surface area contributed by atoms with E-state index in [1.54, 1.807) is 92.6 Å². The fraction of sp³-hybridized carbons (Fsp3) is 0.698. The number of likely N-dealkylation sites (tertiary alicyclic amines) is 1. The highest BCUT2D eigenvalue weighted by atomic mass is 19.1. The maximum atomic E-state index is 15.4. The zero-order valence-corrected chi connectivity index (χ0v) is 38.0. The van der Waals surface area contributed by atoms with Crippen LogP contribution in [0.25, 0.3) is 0 Å². The Morgan fingerprint density at radius 2 is 1.20 bits per heavy atom. The van der Waals surface area contributed by atoms with Crippen molar-refractivity contribution in [3.63, 3.8) is 0 Å². The lowest BCUT2D eigenvalue weighted by atomic mass is 9.87. The minimum absolute atomic E-state index is 0.0164. The van der Waals surface area contributed by atoms with Crippen molar-refractivity contribution in [2.45, 2.75) is 167 Å². The van der Waals surface area contributed by atoms with Crippen LogP contribution in [0.15, 0.2) is 30.3 Å². The van der Waals surface area contributed by atoms with Crippen LogP contribution < -0.4 is 26.6 Å². The molecule has 1 aliphatic heterocycles. The molecule has 0 aromatic heterocycles. The number of ether oxygens (including phenoxy) is 4. The molecule has 2 rings (SSSR count). The quantitative estimate of drug-likeness (QED) is 0.0799. The summed E-state index contributed by atoms with van der Waals surface area (Å²) in [6, 6.07) is 4.91. The number of halogens is 1. The monoisotopic (exact) mass is 865 g/mol. The maximum Gasteiger partial charge on any atom is 0.408 e. The summed E-state index contributed by atoms with van der Waals surface area (Å²) in [5, 5.41) is 13.2. The highest BCUT2D eigenvalue weighted by Crippen LogP contribution is 2.26. The summed E-state index contributed by atoms with van der Waals surface area (Å²) in [5.74, 6) is -2.88. The molecule has 0 spiro atoms. The molecule has 1 unspecified atom stereocenters. The smallest absolute Gasteiger partial charge is 0.408 e. The lowest BCUT2D eigenvalue weighted by molar-refractivity contribution is -0.153. The number of carbonyl (C=O) groups is 7. The molecule has 1 aromatic carbocycles. The molecule has 1 heterocycles. The highest BCUT2D eigenvalue weighted by molar-refractivity contribution is 5.94. The first kappa shape index (κ1) is 52.0. The zero-order valence-electron chi connectivity index (χ0n) is 38.0. The zero-order chi connectivity index (χ0) is 46.4. The first-order valence-corrected chi connectivity index (χ1v) is 20.7. The Labute approximate surface area is 359 Å². The van der Waals surface area contributed by atoms with Gasteiger partial charge >= 0.3 is 24.2 Å².